The zero-order chi connectivity index (χ0) is 27.2. The summed E-state index contributed by atoms with van der Waals surface area (Å²) >= 11 is 0. The van der Waals surface area contributed by atoms with E-state index < -0.39 is 30.2 Å². The molecule has 1 saturated heterocycles. The van der Waals surface area contributed by atoms with Crippen LogP contribution in [0.5, 0.6) is 5.75 Å². The third-order valence-corrected chi connectivity index (χ3v) is 6.80. The molecule has 2 amide bonds. The van der Waals surface area contributed by atoms with E-state index in [9.17, 15) is 9.18 Å². The molecule has 10 heteroatoms. The minimum absolute atomic E-state index is 0.0318. The van der Waals surface area contributed by atoms with Gasteiger partial charge in [0.05, 0.1) is 35.4 Å². The summed E-state index contributed by atoms with van der Waals surface area (Å²) in [6.45, 7) is 13.9. The van der Waals surface area contributed by atoms with Gasteiger partial charge in [0.2, 0.25) is 0 Å². The number of rotatable bonds is 5. The van der Waals surface area contributed by atoms with Crippen LogP contribution in [0.4, 0.5) is 20.7 Å². The highest BCUT2D eigenvalue weighted by Crippen LogP contribution is 2.36. The van der Waals surface area contributed by atoms with Gasteiger partial charge in [-0.05, 0) is 69.6 Å². The van der Waals surface area contributed by atoms with Crippen LogP contribution in [0.25, 0.3) is 5.69 Å². The van der Waals surface area contributed by atoms with Crippen molar-refractivity contribution in [3.63, 3.8) is 0 Å². The number of carbonyl (C=O) groups excluding carboxylic acids is 1. The fraction of sp³-hybridized carbons (Fsp3) is 0.407. The lowest BCUT2D eigenvalue weighted by atomic mass is 9.79. The van der Waals surface area contributed by atoms with Crippen LogP contribution < -0.4 is 20.8 Å². The highest BCUT2D eigenvalue weighted by molar-refractivity contribution is 6.62. The van der Waals surface area contributed by atoms with Gasteiger partial charge in [-0.3, -0.25) is 5.32 Å². The molecule has 0 atom stereocenters. The summed E-state index contributed by atoms with van der Waals surface area (Å²) in [5, 5.41) is 10.1. The Labute approximate surface area is 217 Å². The fourth-order valence-electron chi connectivity index (χ4n) is 3.79. The second-order valence-corrected chi connectivity index (χ2v) is 11.2. The minimum Gasteiger partial charge on any atom is -0.497 e. The molecule has 0 radical (unpaired) electrons. The van der Waals surface area contributed by atoms with E-state index in [0.29, 0.717) is 17.0 Å². The minimum atomic E-state index is -0.697. The number of anilines is 2. The lowest BCUT2D eigenvalue weighted by Gasteiger charge is -2.32. The lowest BCUT2D eigenvalue weighted by Crippen LogP contribution is -2.41. The number of nitrogens with one attached hydrogen (secondary N) is 2. The highest BCUT2D eigenvalue weighted by atomic mass is 19.1. The van der Waals surface area contributed by atoms with Crippen molar-refractivity contribution in [2.75, 3.05) is 17.7 Å². The molecule has 0 bridgehead atoms. The normalized spacial score (nSPS) is 16.5. The number of carbonyl (C=O) groups is 1. The molecule has 2 heterocycles. The Morgan fingerprint density at radius 1 is 1.00 bits per heavy atom. The van der Waals surface area contributed by atoms with Gasteiger partial charge in [-0.25, -0.2) is 13.9 Å². The Balaban J connectivity index is 1.53. The molecule has 8 nitrogen and oxygen atoms in total. The molecule has 1 aliphatic rings. The predicted molar refractivity (Wildman–Crippen MR) is 144 cm³/mol. The summed E-state index contributed by atoms with van der Waals surface area (Å²) < 4.78 is 33.9. The molecule has 37 heavy (non-hydrogen) atoms. The van der Waals surface area contributed by atoms with Crippen LogP contribution in [0.1, 0.15) is 54.2 Å². The molecule has 2 N–H and O–H groups in total. The topological polar surface area (TPSA) is 86.6 Å². The first-order valence-corrected chi connectivity index (χ1v) is 12.2. The van der Waals surface area contributed by atoms with Crippen LogP contribution in [0.2, 0.25) is 0 Å². The molecule has 4 rings (SSSR count). The summed E-state index contributed by atoms with van der Waals surface area (Å²) in [4.78, 5) is 12.9. The molecular weight excluding hydrogens is 474 g/mol. The lowest BCUT2D eigenvalue weighted by molar-refractivity contribution is 0.00578. The largest absolute Gasteiger partial charge is 0.497 e. The molecule has 0 spiro atoms. The summed E-state index contributed by atoms with van der Waals surface area (Å²) in [5.74, 6) is 0.557. The number of aromatic nitrogens is 2. The molecular formula is C27H34BFN4O4. The Bertz CT molecular complexity index is 1280. The van der Waals surface area contributed by atoms with E-state index in [4.69, 9.17) is 19.1 Å². The van der Waals surface area contributed by atoms with Crippen LogP contribution in [0.3, 0.4) is 0 Å². The van der Waals surface area contributed by atoms with Crippen molar-refractivity contribution in [2.45, 2.75) is 65.1 Å². The highest BCUT2D eigenvalue weighted by Gasteiger charge is 2.51. The van der Waals surface area contributed by atoms with Gasteiger partial charge < -0.3 is 19.4 Å². The predicted octanol–water partition coefficient (Wildman–Crippen LogP) is 5.26. The summed E-state index contributed by atoms with van der Waals surface area (Å²) in [6.07, 6.45) is 0. The van der Waals surface area contributed by atoms with Gasteiger partial charge in [-0.2, -0.15) is 5.10 Å². The van der Waals surface area contributed by atoms with Gasteiger partial charge in [-0.15, -0.1) is 0 Å². The third-order valence-electron chi connectivity index (χ3n) is 6.80. The number of methoxy groups -OCH3 is 1. The zero-order valence-electron chi connectivity index (χ0n) is 22.6. The molecule has 0 unspecified atom stereocenters. The third kappa shape index (κ3) is 5.50. The van der Waals surface area contributed by atoms with Crippen molar-refractivity contribution in [3.8, 4) is 11.4 Å². The van der Waals surface area contributed by atoms with Crippen LogP contribution in [-0.2, 0) is 14.7 Å². The van der Waals surface area contributed by atoms with Crippen molar-refractivity contribution >= 4 is 30.1 Å². The maximum absolute atomic E-state index is 15.0. The van der Waals surface area contributed by atoms with Crippen LogP contribution >= 0.6 is 0 Å². The van der Waals surface area contributed by atoms with E-state index >= 15 is 0 Å². The monoisotopic (exact) mass is 508 g/mol. The molecule has 1 aliphatic heterocycles. The van der Waals surface area contributed by atoms with Gasteiger partial charge in [0.15, 0.2) is 0 Å². The molecule has 1 aromatic heterocycles. The van der Waals surface area contributed by atoms with E-state index in [1.54, 1.807) is 17.9 Å². The number of amides is 2. The first-order valence-electron chi connectivity index (χ1n) is 12.2. The van der Waals surface area contributed by atoms with Crippen molar-refractivity contribution < 1.29 is 23.2 Å². The molecule has 196 valence electrons. The number of halogens is 1. The Kier molecular flexibility index (Phi) is 6.85. The van der Waals surface area contributed by atoms with Crippen LogP contribution in [-0.4, -0.2) is 41.2 Å². The maximum Gasteiger partial charge on any atom is 0.494 e. The van der Waals surface area contributed by atoms with Gasteiger partial charge in [-0.1, -0.05) is 26.8 Å². The zero-order valence-corrected chi connectivity index (χ0v) is 22.6. The van der Waals surface area contributed by atoms with Crippen LogP contribution in [0.15, 0.2) is 48.5 Å². The molecule has 1 fully saturated rings. The number of hydrogen-bond acceptors (Lipinski definition) is 5. The first-order chi connectivity index (χ1) is 17.2. The summed E-state index contributed by atoms with van der Waals surface area (Å²) in [7, 11) is 0.899. The first kappa shape index (κ1) is 26.7. The fourth-order valence-corrected chi connectivity index (χ4v) is 3.79. The van der Waals surface area contributed by atoms with Crippen molar-refractivity contribution in [2.24, 2.45) is 0 Å². The Hall–Kier alpha value is -3.37. The molecule has 0 saturated carbocycles. The van der Waals surface area contributed by atoms with E-state index in [-0.39, 0.29) is 11.1 Å². The van der Waals surface area contributed by atoms with Crippen molar-refractivity contribution in [1.82, 2.24) is 9.78 Å². The van der Waals surface area contributed by atoms with Gasteiger partial charge in [0, 0.05) is 11.5 Å². The number of benzene rings is 2. The second-order valence-electron chi connectivity index (χ2n) is 11.2. The second kappa shape index (κ2) is 9.50. The molecule has 0 aliphatic carbocycles. The summed E-state index contributed by atoms with van der Waals surface area (Å²) in [6, 6.07) is 13.0. The summed E-state index contributed by atoms with van der Waals surface area (Å²) in [5.41, 5.74) is 0.771. The van der Waals surface area contributed by atoms with Crippen LogP contribution in [0, 0.1) is 5.82 Å². The standard InChI is InChI=1S/C27H34BFN4O4/c1-25(2,3)22-16-23(33(32-22)18-10-12-19(35-8)13-11-18)31-24(34)30-21-14-9-17(15-20(21)29)28-36-26(4,5)27(6,7)37-28/h9-16H,1-8H3,(H2,30,31,34). The van der Waals surface area contributed by atoms with E-state index in [1.807, 2.05) is 78.8 Å². The number of ether oxygens (including phenoxy) is 1. The Morgan fingerprint density at radius 3 is 2.16 bits per heavy atom. The van der Waals surface area contributed by atoms with Gasteiger partial charge in [0.25, 0.3) is 0 Å². The Morgan fingerprint density at radius 2 is 1.62 bits per heavy atom. The van der Waals surface area contributed by atoms with Crippen molar-refractivity contribution in [3.05, 3.63) is 60.0 Å². The SMILES string of the molecule is COc1ccc(-n2nc(C(C)(C)C)cc2NC(=O)Nc2ccc(B3OC(C)(C)C(C)(C)O3)cc2F)cc1. The number of urea groups is 1. The van der Waals surface area contributed by atoms with Gasteiger partial charge >= 0.3 is 13.1 Å². The quantitative estimate of drug-likeness (QED) is 0.460. The molecule has 2 aromatic carbocycles. The maximum atomic E-state index is 15.0. The van der Waals surface area contributed by atoms with E-state index in [0.717, 1.165) is 11.4 Å². The average Bonchev–Trinajstić information content (AvgIpc) is 3.32. The van der Waals surface area contributed by atoms with E-state index in [1.165, 1.54) is 12.1 Å². The number of hydrogen-bond donors (Lipinski definition) is 2. The smallest absolute Gasteiger partial charge is 0.494 e. The average molecular weight is 508 g/mol. The van der Waals surface area contributed by atoms with Crippen molar-refractivity contribution in [1.29, 1.82) is 0 Å². The van der Waals surface area contributed by atoms with E-state index in [2.05, 4.69) is 10.6 Å². The number of nitrogens with zero attached hydrogens (tertiary/aromatic N) is 2. The van der Waals surface area contributed by atoms with Gasteiger partial charge in [0.1, 0.15) is 17.4 Å². The molecule has 3 aromatic rings.